The van der Waals surface area contributed by atoms with Gasteiger partial charge in [-0.2, -0.15) is 0 Å². The molecule has 1 aromatic carbocycles. The largest absolute Gasteiger partial charge is 0.357 e. The highest BCUT2D eigenvalue weighted by Crippen LogP contribution is 2.22. The molecule has 2 amide bonds. The van der Waals surface area contributed by atoms with E-state index in [0.29, 0.717) is 18.5 Å². The summed E-state index contributed by atoms with van der Waals surface area (Å²) in [5.74, 6) is -1.09. The number of likely N-dealkylation sites (tertiary alicyclic amines) is 1. The summed E-state index contributed by atoms with van der Waals surface area (Å²) >= 11 is 0. The summed E-state index contributed by atoms with van der Waals surface area (Å²) < 4.78 is 14.1. The van der Waals surface area contributed by atoms with Crippen molar-refractivity contribution in [1.82, 2.24) is 10.2 Å². The van der Waals surface area contributed by atoms with Gasteiger partial charge < -0.3 is 10.2 Å². The lowest BCUT2D eigenvalue weighted by Gasteiger charge is -2.34. The number of piperidine rings is 1. The number of amides is 2. The number of carbonyl (C=O) groups is 2. The number of nitrogens with one attached hydrogen (secondary N) is 1. The van der Waals surface area contributed by atoms with E-state index in [-0.39, 0.29) is 11.5 Å². The molecule has 1 heterocycles. The summed E-state index contributed by atoms with van der Waals surface area (Å²) in [4.78, 5) is 25.9. The number of likely N-dealkylation sites (N-methyl/N-ethyl adjacent to an activating group) is 1. The number of halogens is 1. The van der Waals surface area contributed by atoms with Crippen molar-refractivity contribution < 1.29 is 14.0 Å². The third-order valence-electron chi connectivity index (χ3n) is 3.73. The molecule has 4 nitrogen and oxygen atoms in total. The van der Waals surface area contributed by atoms with Gasteiger partial charge in [0.05, 0.1) is 5.56 Å². The van der Waals surface area contributed by atoms with E-state index in [0.717, 1.165) is 12.8 Å². The number of benzene rings is 1. The number of hydrogen-bond acceptors (Lipinski definition) is 2. The van der Waals surface area contributed by atoms with Gasteiger partial charge in [0.15, 0.2) is 0 Å². The van der Waals surface area contributed by atoms with E-state index in [1.165, 1.54) is 11.0 Å². The summed E-state index contributed by atoms with van der Waals surface area (Å²) in [6.45, 7) is 2.11. The van der Waals surface area contributed by atoms with Crippen LogP contribution < -0.4 is 5.32 Å². The Hall–Kier alpha value is -1.91. The number of carbonyl (C=O) groups excluding carboxylic acids is 2. The Kier molecular flexibility index (Phi) is 4.37. The molecular formula is C15H19FN2O2. The van der Waals surface area contributed by atoms with Gasteiger partial charge in [-0.1, -0.05) is 12.1 Å². The first-order valence-electron chi connectivity index (χ1n) is 6.84. The van der Waals surface area contributed by atoms with Crippen molar-refractivity contribution in [3.8, 4) is 0 Å². The highest BCUT2D eigenvalue weighted by atomic mass is 19.1. The van der Waals surface area contributed by atoms with E-state index in [4.69, 9.17) is 0 Å². The predicted octanol–water partition coefficient (Wildman–Crippen LogP) is 1.87. The molecule has 0 aromatic heterocycles. The molecule has 1 fully saturated rings. The van der Waals surface area contributed by atoms with E-state index in [1.807, 2.05) is 0 Å². The molecule has 0 saturated carbocycles. The molecule has 0 aliphatic carbocycles. The molecule has 1 atom stereocenters. The van der Waals surface area contributed by atoms with Crippen molar-refractivity contribution in [3.63, 3.8) is 0 Å². The smallest absolute Gasteiger partial charge is 0.257 e. The van der Waals surface area contributed by atoms with E-state index < -0.39 is 17.8 Å². The highest BCUT2D eigenvalue weighted by Gasteiger charge is 2.33. The zero-order valence-electron chi connectivity index (χ0n) is 11.8. The Balaban J connectivity index is 2.30. The van der Waals surface area contributed by atoms with Crippen molar-refractivity contribution in [3.05, 3.63) is 35.1 Å². The number of hydrogen-bond donors (Lipinski definition) is 1. The third kappa shape index (κ3) is 2.66. The average molecular weight is 278 g/mol. The molecule has 0 spiro atoms. The summed E-state index contributed by atoms with van der Waals surface area (Å²) in [6.07, 6.45) is 2.36. The van der Waals surface area contributed by atoms with E-state index in [1.54, 1.807) is 26.1 Å². The zero-order valence-corrected chi connectivity index (χ0v) is 11.8. The molecule has 0 radical (unpaired) electrons. The fraction of sp³-hybridized carbons (Fsp3) is 0.467. The van der Waals surface area contributed by atoms with Crippen LogP contribution in [-0.4, -0.2) is 36.3 Å². The number of rotatable bonds is 2. The van der Waals surface area contributed by atoms with Crippen molar-refractivity contribution >= 4 is 11.8 Å². The van der Waals surface area contributed by atoms with Gasteiger partial charge in [0, 0.05) is 13.6 Å². The van der Waals surface area contributed by atoms with Crippen LogP contribution in [0.2, 0.25) is 0 Å². The van der Waals surface area contributed by atoms with Gasteiger partial charge in [0.1, 0.15) is 11.9 Å². The second-order valence-electron chi connectivity index (χ2n) is 5.06. The quantitative estimate of drug-likeness (QED) is 0.898. The second kappa shape index (κ2) is 6.03. The molecule has 1 saturated heterocycles. The first-order valence-corrected chi connectivity index (χ1v) is 6.84. The summed E-state index contributed by atoms with van der Waals surface area (Å²) in [5.41, 5.74) is 0.477. The number of nitrogens with zero attached hydrogens (tertiary/aromatic N) is 1. The van der Waals surface area contributed by atoms with Gasteiger partial charge in [-0.15, -0.1) is 0 Å². The minimum atomic E-state index is -0.501. The highest BCUT2D eigenvalue weighted by molar-refractivity contribution is 5.98. The van der Waals surface area contributed by atoms with Crippen molar-refractivity contribution in [2.75, 3.05) is 13.6 Å². The molecular weight excluding hydrogens is 259 g/mol. The normalized spacial score (nSPS) is 18.8. The Morgan fingerprint density at radius 1 is 1.35 bits per heavy atom. The van der Waals surface area contributed by atoms with Crippen LogP contribution in [0.3, 0.4) is 0 Å². The van der Waals surface area contributed by atoms with Gasteiger partial charge in [-0.3, -0.25) is 9.59 Å². The second-order valence-corrected chi connectivity index (χ2v) is 5.06. The molecule has 1 aliphatic heterocycles. The third-order valence-corrected chi connectivity index (χ3v) is 3.73. The standard InChI is InChI=1S/C15H19FN2O2/c1-10-6-5-7-11(13(10)16)15(20)18-9-4-3-8-12(18)14(19)17-2/h5-7,12H,3-4,8-9H2,1-2H3,(H,17,19). The molecule has 1 N–H and O–H groups in total. The predicted molar refractivity (Wildman–Crippen MR) is 73.9 cm³/mol. The van der Waals surface area contributed by atoms with E-state index in [9.17, 15) is 14.0 Å². The molecule has 1 aliphatic rings. The van der Waals surface area contributed by atoms with Crippen LogP contribution in [0.5, 0.6) is 0 Å². The van der Waals surface area contributed by atoms with Crippen LogP contribution in [0.25, 0.3) is 0 Å². The fourth-order valence-corrected chi connectivity index (χ4v) is 2.58. The minimum Gasteiger partial charge on any atom is -0.357 e. The maximum atomic E-state index is 14.1. The average Bonchev–Trinajstić information content (AvgIpc) is 2.48. The van der Waals surface area contributed by atoms with Gasteiger partial charge in [0.25, 0.3) is 5.91 Å². The lowest BCUT2D eigenvalue weighted by molar-refractivity contribution is -0.126. The van der Waals surface area contributed by atoms with E-state index >= 15 is 0 Å². The van der Waals surface area contributed by atoms with Crippen LogP contribution in [0.1, 0.15) is 35.2 Å². The van der Waals surface area contributed by atoms with Crippen molar-refractivity contribution in [2.24, 2.45) is 0 Å². The minimum absolute atomic E-state index is 0.0424. The van der Waals surface area contributed by atoms with Crippen LogP contribution in [0.15, 0.2) is 18.2 Å². The van der Waals surface area contributed by atoms with Gasteiger partial charge >= 0.3 is 0 Å². The SMILES string of the molecule is CNC(=O)C1CCCCN1C(=O)c1cccc(C)c1F. The van der Waals surface area contributed by atoms with E-state index in [2.05, 4.69) is 5.32 Å². The monoisotopic (exact) mass is 278 g/mol. The zero-order chi connectivity index (χ0) is 14.7. The molecule has 5 heteroatoms. The summed E-state index contributed by atoms with van der Waals surface area (Å²) in [7, 11) is 1.55. The Bertz CT molecular complexity index is 531. The first kappa shape index (κ1) is 14.5. The maximum absolute atomic E-state index is 14.1. The lowest BCUT2D eigenvalue weighted by atomic mass is 9.99. The number of aryl methyl sites for hydroxylation is 1. The first-order chi connectivity index (χ1) is 9.56. The Morgan fingerprint density at radius 2 is 2.10 bits per heavy atom. The molecule has 20 heavy (non-hydrogen) atoms. The Morgan fingerprint density at radius 3 is 2.80 bits per heavy atom. The maximum Gasteiger partial charge on any atom is 0.257 e. The summed E-state index contributed by atoms with van der Waals surface area (Å²) in [6, 6.07) is 4.25. The van der Waals surface area contributed by atoms with Crippen LogP contribution in [-0.2, 0) is 4.79 Å². The van der Waals surface area contributed by atoms with Crippen molar-refractivity contribution in [1.29, 1.82) is 0 Å². The van der Waals surface area contributed by atoms with Crippen molar-refractivity contribution in [2.45, 2.75) is 32.2 Å². The molecule has 1 aromatic rings. The Labute approximate surface area is 118 Å². The molecule has 1 unspecified atom stereocenters. The van der Waals surface area contributed by atoms with Gasteiger partial charge in [0.2, 0.25) is 5.91 Å². The van der Waals surface area contributed by atoms with Crippen LogP contribution in [0, 0.1) is 12.7 Å². The molecule has 0 bridgehead atoms. The molecule has 2 rings (SSSR count). The van der Waals surface area contributed by atoms with Gasteiger partial charge in [-0.05, 0) is 37.8 Å². The van der Waals surface area contributed by atoms with Gasteiger partial charge in [-0.25, -0.2) is 4.39 Å². The summed E-state index contributed by atoms with van der Waals surface area (Å²) in [5, 5.41) is 2.57. The fourth-order valence-electron chi connectivity index (χ4n) is 2.58. The van der Waals surface area contributed by atoms with Crippen LogP contribution in [0.4, 0.5) is 4.39 Å². The topological polar surface area (TPSA) is 49.4 Å². The van der Waals surface area contributed by atoms with Crippen LogP contribution >= 0.6 is 0 Å². The molecule has 108 valence electrons. The lowest BCUT2D eigenvalue weighted by Crippen LogP contribution is -2.51.